The maximum Gasteiger partial charge on any atom is 0.573 e. The fourth-order valence-corrected chi connectivity index (χ4v) is 1.61. The van der Waals surface area contributed by atoms with Crippen molar-refractivity contribution < 1.29 is 26.3 Å². The first-order chi connectivity index (χ1) is 8.06. The largest absolute Gasteiger partial charge is 0.573 e. The Hall–Kier alpha value is -2.06. The fraction of sp³-hybridized carbons (Fsp3) is 0.143. The first-order valence-corrected chi connectivity index (χ1v) is 5.58. The summed E-state index contributed by atoms with van der Waals surface area (Å²) in [5, 5.41) is 13.2. The standard InChI is InChI=1S/C7H5F3N4O3S/c8-7(9,10)17-6-4(18(13,15)16)2-14-3(1-11)5(6)12/h2H,12H2,(H2,13,15,16). The Morgan fingerprint density at radius 2 is 2.00 bits per heavy atom. The molecule has 0 aliphatic heterocycles. The quantitative estimate of drug-likeness (QED) is 0.789. The molecule has 0 unspecified atom stereocenters. The SMILES string of the molecule is N#Cc1ncc(S(N)(=O)=O)c(OC(F)(F)F)c1N. The lowest BCUT2D eigenvalue weighted by atomic mass is 10.3. The van der Waals surface area contributed by atoms with Crippen molar-refractivity contribution in [3.63, 3.8) is 0 Å². The Balaban J connectivity index is 3.57. The Morgan fingerprint density at radius 1 is 1.44 bits per heavy atom. The lowest BCUT2D eigenvalue weighted by molar-refractivity contribution is -0.275. The summed E-state index contributed by atoms with van der Waals surface area (Å²) in [5.41, 5.74) is 3.70. The van der Waals surface area contributed by atoms with E-state index in [2.05, 4.69) is 14.9 Å². The summed E-state index contributed by atoms with van der Waals surface area (Å²) in [7, 11) is -4.53. The normalized spacial score (nSPS) is 11.9. The number of aromatic nitrogens is 1. The van der Waals surface area contributed by atoms with Gasteiger partial charge < -0.3 is 10.5 Å². The number of hydrogen-bond donors (Lipinski definition) is 2. The van der Waals surface area contributed by atoms with Gasteiger partial charge in [-0.25, -0.2) is 18.5 Å². The second-order valence-corrected chi connectivity index (χ2v) is 4.45. The molecular weight excluding hydrogens is 277 g/mol. The second kappa shape index (κ2) is 4.31. The molecule has 0 spiro atoms. The predicted molar refractivity (Wildman–Crippen MR) is 51.4 cm³/mol. The fourth-order valence-electron chi connectivity index (χ4n) is 1.00. The maximum atomic E-state index is 12.1. The third-order valence-corrected chi connectivity index (χ3v) is 2.57. The minimum absolute atomic E-state index is 0.464. The number of alkyl halides is 3. The highest BCUT2D eigenvalue weighted by atomic mass is 32.2. The van der Waals surface area contributed by atoms with E-state index in [0.717, 1.165) is 0 Å². The predicted octanol–water partition coefficient (Wildman–Crippen LogP) is 0.0815. The minimum atomic E-state index is -5.19. The molecule has 0 bridgehead atoms. The van der Waals surface area contributed by atoms with Crippen molar-refractivity contribution in [2.24, 2.45) is 5.14 Å². The molecule has 11 heteroatoms. The summed E-state index contributed by atoms with van der Waals surface area (Å²) in [6.07, 6.45) is -4.73. The van der Waals surface area contributed by atoms with Crippen LogP contribution in [0.5, 0.6) is 5.75 Å². The molecule has 18 heavy (non-hydrogen) atoms. The van der Waals surface area contributed by atoms with Gasteiger partial charge in [0.15, 0.2) is 11.4 Å². The zero-order valence-corrected chi connectivity index (χ0v) is 9.21. The van der Waals surface area contributed by atoms with Crippen LogP contribution in [0.25, 0.3) is 0 Å². The number of nitrogens with two attached hydrogens (primary N) is 2. The topological polar surface area (TPSA) is 132 Å². The number of primary sulfonamides is 1. The van der Waals surface area contributed by atoms with Crippen molar-refractivity contribution in [3.05, 3.63) is 11.9 Å². The number of rotatable bonds is 2. The van der Waals surface area contributed by atoms with Gasteiger partial charge >= 0.3 is 6.36 Å². The van der Waals surface area contributed by atoms with E-state index in [1.807, 2.05) is 0 Å². The number of nitrogens with zero attached hydrogens (tertiary/aromatic N) is 2. The van der Waals surface area contributed by atoms with Crippen molar-refractivity contribution in [1.29, 1.82) is 5.26 Å². The van der Waals surface area contributed by atoms with Gasteiger partial charge in [-0.05, 0) is 0 Å². The molecule has 0 fully saturated rings. The Morgan fingerprint density at radius 3 is 2.39 bits per heavy atom. The van der Waals surface area contributed by atoms with Crippen molar-refractivity contribution in [3.8, 4) is 11.8 Å². The van der Waals surface area contributed by atoms with E-state index in [-0.39, 0.29) is 0 Å². The third-order valence-electron chi connectivity index (χ3n) is 1.66. The molecule has 4 N–H and O–H groups in total. The number of halogens is 3. The molecule has 0 saturated heterocycles. The molecule has 0 radical (unpaired) electrons. The van der Waals surface area contributed by atoms with Crippen molar-refractivity contribution in [2.75, 3.05) is 5.73 Å². The van der Waals surface area contributed by atoms with Crippen LogP contribution in [0.4, 0.5) is 18.9 Å². The summed E-state index contributed by atoms with van der Waals surface area (Å²) < 4.78 is 61.9. The summed E-state index contributed by atoms with van der Waals surface area (Å²) in [6.45, 7) is 0. The van der Waals surface area contributed by atoms with Crippen molar-refractivity contribution in [1.82, 2.24) is 4.98 Å². The first-order valence-electron chi connectivity index (χ1n) is 4.03. The van der Waals surface area contributed by atoms with Crippen LogP contribution in [0, 0.1) is 11.3 Å². The first kappa shape index (κ1) is 14.0. The number of anilines is 1. The molecule has 0 amide bonds. The highest BCUT2D eigenvalue weighted by Gasteiger charge is 2.35. The molecule has 0 saturated carbocycles. The molecule has 1 aromatic heterocycles. The van der Waals surface area contributed by atoms with Gasteiger partial charge in [0.05, 0.1) is 6.20 Å². The summed E-state index contributed by atoms with van der Waals surface area (Å²) in [6, 6.07) is 1.38. The summed E-state index contributed by atoms with van der Waals surface area (Å²) >= 11 is 0. The van der Waals surface area contributed by atoms with Gasteiger partial charge in [-0.3, -0.25) is 0 Å². The van der Waals surface area contributed by atoms with E-state index in [1.54, 1.807) is 0 Å². The number of nitriles is 1. The molecule has 0 aliphatic carbocycles. The number of nitrogen functional groups attached to an aromatic ring is 1. The third kappa shape index (κ3) is 2.99. The zero-order valence-electron chi connectivity index (χ0n) is 8.39. The van der Waals surface area contributed by atoms with Crippen LogP contribution in [0.1, 0.15) is 5.69 Å². The molecule has 7 nitrogen and oxygen atoms in total. The zero-order chi connectivity index (χ0) is 14.1. The number of sulfonamides is 1. The van der Waals surface area contributed by atoms with Gasteiger partial charge in [0, 0.05) is 0 Å². The lowest BCUT2D eigenvalue weighted by Gasteiger charge is -2.14. The number of pyridine rings is 1. The van der Waals surface area contributed by atoms with Crippen molar-refractivity contribution in [2.45, 2.75) is 11.3 Å². The second-order valence-electron chi connectivity index (χ2n) is 2.92. The van der Waals surface area contributed by atoms with Crippen LogP contribution in [-0.2, 0) is 10.0 Å². The van der Waals surface area contributed by atoms with Crippen LogP contribution in [-0.4, -0.2) is 19.8 Å². The van der Waals surface area contributed by atoms with Crippen LogP contribution in [0.3, 0.4) is 0 Å². The van der Waals surface area contributed by atoms with E-state index in [9.17, 15) is 21.6 Å². The molecule has 1 heterocycles. The Labute approximate surface area is 98.8 Å². The van der Waals surface area contributed by atoms with E-state index < -0.39 is 38.4 Å². The van der Waals surface area contributed by atoms with Gasteiger partial charge in [0.2, 0.25) is 10.0 Å². The van der Waals surface area contributed by atoms with Crippen LogP contribution in [0.15, 0.2) is 11.1 Å². The van der Waals surface area contributed by atoms with E-state index >= 15 is 0 Å². The van der Waals surface area contributed by atoms with Crippen LogP contribution >= 0.6 is 0 Å². The molecule has 0 atom stereocenters. The van der Waals surface area contributed by atoms with Crippen LogP contribution in [0.2, 0.25) is 0 Å². The van der Waals surface area contributed by atoms with Crippen molar-refractivity contribution >= 4 is 15.7 Å². The van der Waals surface area contributed by atoms with E-state index in [1.165, 1.54) is 6.07 Å². The van der Waals surface area contributed by atoms with E-state index in [0.29, 0.717) is 6.20 Å². The van der Waals surface area contributed by atoms with Gasteiger partial charge in [-0.2, -0.15) is 5.26 Å². The summed E-state index contributed by atoms with van der Waals surface area (Å²) in [4.78, 5) is 2.20. The van der Waals surface area contributed by atoms with Gasteiger partial charge in [0.25, 0.3) is 0 Å². The monoisotopic (exact) mass is 282 g/mol. The molecular formula is C7H5F3N4O3S. The highest BCUT2D eigenvalue weighted by Crippen LogP contribution is 2.35. The lowest BCUT2D eigenvalue weighted by Crippen LogP contribution is -2.22. The highest BCUT2D eigenvalue weighted by molar-refractivity contribution is 7.89. The maximum absolute atomic E-state index is 12.1. The number of ether oxygens (including phenoxy) is 1. The smallest absolute Gasteiger partial charge is 0.402 e. The Bertz CT molecular complexity index is 620. The summed E-state index contributed by atoms with van der Waals surface area (Å²) in [5.74, 6) is -1.27. The van der Waals surface area contributed by atoms with Crippen LogP contribution < -0.4 is 15.6 Å². The van der Waals surface area contributed by atoms with Gasteiger partial charge in [0.1, 0.15) is 16.7 Å². The van der Waals surface area contributed by atoms with Gasteiger partial charge in [-0.1, -0.05) is 0 Å². The minimum Gasteiger partial charge on any atom is -0.402 e. The molecule has 0 aromatic carbocycles. The Kier molecular flexibility index (Phi) is 3.36. The van der Waals surface area contributed by atoms with Gasteiger partial charge in [-0.15, -0.1) is 13.2 Å². The van der Waals surface area contributed by atoms with E-state index in [4.69, 9.17) is 11.0 Å². The molecule has 0 aliphatic rings. The average molecular weight is 282 g/mol. The molecule has 98 valence electrons. The number of hydrogen-bond acceptors (Lipinski definition) is 6. The molecule has 1 aromatic rings. The average Bonchev–Trinajstić information content (AvgIpc) is 2.17. The molecule has 1 rings (SSSR count).